The van der Waals surface area contributed by atoms with Gasteiger partial charge in [0.1, 0.15) is 16.6 Å². The van der Waals surface area contributed by atoms with Crippen LogP contribution in [0.1, 0.15) is 38.0 Å². The fourth-order valence-electron chi connectivity index (χ4n) is 4.71. The van der Waals surface area contributed by atoms with Gasteiger partial charge in [0.25, 0.3) is 5.91 Å². The van der Waals surface area contributed by atoms with Gasteiger partial charge in [0.05, 0.1) is 41.3 Å². The third-order valence-electron chi connectivity index (χ3n) is 6.65. The van der Waals surface area contributed by atoms with E-state index in [2.05, 4.69) is 27.2 Å². The van der Waals surface area contributed by atoms with Crippen molar-refractivity contribution in [2.75, 3.05) is 33.1 Å². The maximum absolute atomic E-state index is 12.9. The molecule has 3 aromatic rings. The summed E-state index contributed by atoms with van der Waals surface area (Å²) in [4.78, 5) is 38.3. The first-order chi connectivity index (χ1) is 16.9. The number of likely N-dealkylation sites (N-methyl/N-ethyl adjacent to an activating group) is 1. The molecule has 1 N–H and O–H groups in total. The number of thiophene rings is 1. The number of carbonyl (C=O) groups is 2. The second kappa shape index (κ2) is 10.2. The maximum atomic E-state index is 12.9. The van der Waals surface area contributed by atoms with E-state index in [1.54, 1.807) is 19.2 Å². The number of thioether (sulfide) groups is 1. The minimum atomic E-state index is -0.111. The molecule has 0 aliphatic carbocycles. The van der Waals surface area contributed by atoms with Crippen LogP contribution in [0.4, 0.5) is 0 Å². The number of aryl methyl sites for hydroxylation is 1. The highest BCUT2D eigenvalue weighted by atomic mass is 32.2. The molecule has 10 heteroatoms. The van der Waals surface area contributed by atoms with Crippen LogP contribution in [0.5, 0.6) is 5.75 Å². The van der Waals surface area contributed by atoms with Crippen LogP contribution < -0.4 is 10.1 Å². The molecule has 5 rings (SSSR count). The Balaban J connectivity index is 1.22. The maximum Gasteiger partial charge on any atom is 0.261 e. The zero-order valence-electron chi connectivity index (χ0n) is 19.9. The summed E-state index contributed by atoms with van der Waals surface area (Å²) in [5.41, 5.74) is 0.813. The lowest BCUT2D eigenvalue weighted by Gasteiger charge is -2.46. The van der Waals surface area contributed by atoms with Gasteiger partial charge in [0, 0.05) is 23.5 Å². The van der Waals surface area contributed by atoms with E-state index in [-0.39, 0.29) is 23.5 Å². The van der Waals surface area contributed by atoms with Crippen molar-refractivity contribution in [1.82, 2.24) is 20.2 Å². The van der Waals surface area contributed by atoms with E-state index in [9.17, 15) is 9.59 Å². The Labute approximate surface area is 212 Å². The summed E-state index contributed by atoms with van der Waals surface area (Å²) in [6.45, 7) is 3.26. The molecule has 1 amide bonds. The SMILES string of the molecule is COc1ccc2nc(C)nc(SCC(=O)c3ccc(C(=O)NC4C[C@H]5COC[C@@H](C4)N5C)s3)c2c1. The number of methoxy groups -OCH3 is 1. The van der Waals surface area contributed by atoms with Crippen molar-refractivity contribution in [3.8, 4) is 5.75 Å². The highest BCUT2D eigenvalue weighted by Crippen LogP contribution is 2.30. The Morgan fingerprint density at radius 3 is 2.66 bits per heavy atom. The monoisotopic (exact) mass is 512 g/mol. The summed E-state index contributed by atoms with van der Waals surface area (Å²) in [6, 6.07) is 9.93. The molecule has 184 valence electrons. The predicted octanol–water partition coefficient (Wildman–Crippen LogP) is 3.57. The van der Waals surface area contributed by atoms with Gasteiger partial charge in [-0.25, -0.2) is 9.97 Å². The number of piperidine rings is 1. The molecule has 4 heterocycles. The van der Waals surface area contributed by atoms with Crippen LogP contribution in [0, 0.1) is 6.92 Å². The first kappa shape index (κ1) is 24.2. The first-order valence-electron chi connectivity index (χ1n) is 11.6. The number of carbonyl (C=O) groups excluding carboxylic acids is 2. The molecule has 0 radical (unpaired) electrons. The number of benzene rings is 1. The fraction of sp³-hybridized carbons (Fsp3) is 0.440. The number of hydrogen-bond acceptors (Lipinski definition) is 9. The van der Waals surface area contributed by atoms with E-state index >= 15 is 0 Å². The van der Waals surface area contributed by atoms with Crippen LogP contribution >= 0.6 is 23.1 Å². The number of nitrogens with zero attached hydrogens (tertiary/aromatic N) is 3. The van der Waals surface area contributed by atoms with Crippen LogP contribution in [0.25, 0.3) is 10.9 Å². The number of fused-ring (bicyclic) bond motifs is 3. The van der Waals surface area contributed by atoms with Crippen molar-refractivity contribution in [2.45, 2.75) is 42.9 Å². The van der Waals surface area contributed by atoms with Gasteiger partial charge in [-0.1, -0.05) is 11.8 Å². The third kappa shape index (κ3) is 5.20. The number of rotatable bonds is 7. The molecule has 1 unspecified atom stereocenters. The smallest absolute Gasteiger partial charge is 0.261 e. The number of amides is 1. The molecule has 8 nitrogen and oxygen atoms in total. The summed E-state index contributed by atoms with van der Waals surface area (Å²) in [5.74, 6) is 1.45. The molecule has 0 spiro atoms. The highest BCUT2D eigenvalue weighted by Gasteiger charge is 2.37. The molecule has 2 aliphatic heterocycles. The average Bonchev–Trinajstić information content (AvgIpc) is 3.33. The number of morpholine rings is 1. The van der Waals surface area contributed by atoms with Gasteiger partial charge < -0.3 is 14.8 Å². The summed E-state index contributed by atoms with van der Waals surface area (Å²) >= 11 is 2.62. The molecule has 2 saturated heterocycles. The fourth-order valence-corrected chi connectivity index (χ4v) is 6.59. The largest absolute Gasteiger partial charge is 0.497 e. The Hall–Kier alpha value is -2.53. The summed E-state index contributed by atoms with van der Waals surface area (Å²) in [5, 5.41) is 4.77. The number of nitrogens with one attached hydrogen (secondary N) is 1. The lowest BCUT2D eigenvalue weighted by Crippen LogP contribution is -2.59. The van der Waals surface area contributed by atoms with Crippen molar-refractivity contribution >= 4 is 45.7 Å². The Morgan fingerprint density at radius 2 is 1.91 bits per heavy atom. The molecular formula is C25H28N4O4S2. The molecule has 35 heavy (non-hydrogen) atoms. The van der Waals surface area contributed by atoms with E-state index in [0.717, 1.165) is 28.8 Å². The standard InChI is InChI=1S/C25H28N4O4S2/c1-14-26-20-5-4-18(32-3)10-19(20)25(27-14)34-13-21(30)22-6-7-23(35-22)24(31)28-15-8-16-11-33-12-17(9-15)29(16)2/h4-7,10,15-17H,8-9,11-13H2,1-3H3,(H,28,31)/t15?,16-,17+. The lowest BCUT2D eigenvalue weighted by molar-refractivity contribution is -0.0670. The zero-order valence-corrected chi connectivity index (χ0v) is 21.6. The number of ketones is 1. The molecule has 2 aliphatic rings. The van der Waals surface area contributed by atoms with E-state index in [1.165, 1.54) is 23.1 Å². The van der Waals surface area contributed by atoms with Crippen LogP contribution in [-0.2, 0) is 4.74 Å². The number of Topliss-reactive ketones (excluding diaryl/α,β-unsaturated/α-hetero) is 1. The Kier molecular flexibility index (Phi) is 7.06. The summed E-state index contributed by atoms with van der Waals surface area (Å²) < 4.78 is 11.0. The van der Waals surface area contributed by atoms with Gasteiger partial charge in [0.15, 0.2) is 5.78 Å². The third-order valence-corrected chi connectivity index (χ3v) is 8.76. The van der Waals surface area contributed by atoms with Crippen molar-refractivity contribution in [2.24, 2.45) is 0 Å². The van der Waals surface area contributed by atoms with Crippen molar-refractivity contribution < 1.29 is 19.1 Å². The molecular weight excluding hydrogens is 484 g/mol. The van der Waals surface area contributed by atoms with Gasteiger partial charge in [-0.15, -0.1) is 11.3 Å². The van der Waals surface area contributed by atoms with Gasteiger partial charge in [-0.2, -0.15) is 0 Å². The van der Waals surface area contributed by atoms with Crippen LogP contribution in [0.15, 0.2) is 35.4 Å². The van der Waals surface area contributed by atoms with Gasteiger partial charge in [-0.3, -0.25) is 14.5 Å². The normalized spacial score (nSPS) is 22.2. The molecule has 1 aromatic carbocycles. The van der Waals surface area contributed by atoms with E-state index in [4.69, 9.17) is 9.47 Å². The highest BCUT2D eigenvalue weighted by molar-refractivity contribution is 8.00. The summed E-state index contributed by atoms with van der Waals surface area (Å²) in [7, 11) is 3.75. The second-order valence-electron chi connectivity index (χ2n) is 8.99. The Morgan fingerprint density at radius 1 is 1.17 bits per heavy atom. The van der Waals surface area contributed by atoms with Gasteiger partial charge in [0.2, 0.25) is 0 Å². The quantitative estimate of drug-likeness (QED) is 0.292. The zero-order chi connectivity index (χ0) is 24.5. The van der Waals surface area contributed by atoms with Crippen LogP contribution in [-0.4, -0.2) is 77.8 Å². The van der Waals surface area contributed by atoms with Crippen LogP contribution in [0.3, 0.4) is 0 Å². The molecule has 2 bridgehead atoms. The van der Waals surface area contributed by atoms with Crippen molar-refractivity contribution in [3.63, 3.8) is 0 Å². The Bertz CT molecular complexity index is 1250. The predicted molar refractivity (Wildman–Crippen MR) is 137 cm³/mol. The second-order valence-corrected chi connectivity index (χ2v) is 11.0. The molecule has 2 fully saturated rings. The first-order valence-corrected chi connectivity index (χ1v) is 13.4. The van der Waals surface area contributed by atoms with Gasteiger partial charge in [-0.05, 0) is 57.1 Å². The number of aromatic nitrogens is 2. The number of hydrogen-bond donors (Lipinski definition) is 1. The molecule has 3 atom stereocenters. The van der Waals surface area contributed by atoms with E-state index in [0.29, 0.717) is 46.6 Å². The topological polar surface area (TPSA) is 93.7 Å². The van der Waals surface area contributed by atoms with Crippen molar-refractivity contribution in [1.29, 1.82) is 0 Å². The average molecular weight is 513 g/mol. The minimum Gasteiger partial charge on any atom is -0.497 e. The van der Waals surface area contributed by atoms with E-state index in [1.807, 2.05) is 25.1 Å². The molecule has 0 saturated carbocycles. The lowest BCUT2D eigenvalue weighted by atomic mass is 9.90. The number of ether oxygens (including phenoxy) is 2. The van der Waals surface area contributed by atoms with Crippen molar-refractivity contribution in [3.05, 3.63) is 45.9 Å². The molecule has 2 aromatic heterocycles. The van der Waals surface area contributed by atoms with Gasteiger partial charge >= 0.3 is 0 Å². The summed E-state index contributed by atoms with van der Waals surface area (Å²) in [6.07, 6.45) is 1.76. The minimum absolute atomic E-state index is 0.0302. The van der Waals surface area contributed by atoms with Crippen LogP contribution in [0.2, 0.25) is 0 Å². The van der Waals surface area contributed by atoms with E-state index < -0.39 is 0 Å².